The van der Waals surface area contributed by atoms with E-state index in [1.807, 2.05) is 36.4 Å². The molecule has 0 aliphatic rings. The third-order valence-electron chi connectivity index (χ3n) is 4.08. The number of halogens is 1. The third kappa shape index (κ3) is 5.52. The number of hydrogen-bond acceptors (Lipinski definition) is 5. The molecular formula is C21H23ClN4O2S. The van der Waals surface area contributed by atoms with Gasteiger partial charge in [-0.3, -0.25) is 4.79 Å². The maximum atomic E-state index is 12.4. The standard InChI is InChI=1S/C21H23ClN4O2S/c1-14(2)12-26-20(15-8-10-16(22)11-9-15)24-25-21(26)29-13-19(27)23-17-6-4-5-7-18(17)28-3/h4-11,14H,12-13H2,1-3H3,(H,23,27). The molecule has 3 aromatic rings. The molecule has 2 aromatic carbocycles. The Morgan fingerprint density at radius 2 is 1.90 bits per heavy atom. The number of aromatic nitrogens is 3. The molecule has 1 N–H and O–H groups in total. The highest BCUT2D eigenvalue weighted by Gasteiger charge is 2.17. The molecule has 6 nitrogen and oxygen atoms in total. The van der Waals surface area contributed by atoms with E-state index in [1.54, 1.807) is 19.2 Å². The van der Waals surface area contributed by atoms with Crippen LogP contribution in [0, 0.1) is 5.92 Å². The number of carbonyl (C=O) groups excluding carboxylic acids is 1. The van der Waals surface area contributed by atoms with Gasteiger partial charge in [-0.1, -0.05) is 49.3 Å². The molecule has 0 saturated carbocycles. The average molecular weight is 431 g/mol. The van der Waals surface area contributed by atoms with Crippen LogP contribution in [0.2, 0.25) is 5.02 Å². The van der Waals surface area contributed by atoms with E-state index in [9.17, 15) is 4.79 Å². The van der Waals surface area contributed by atoms with Crippen LogP contribution in [0.3, 0.4) is 0 Å². The van der Waals surface area contributed by atoms with Crippen molar-refractivity contribution in [2.24, 2.45) is 5.92 Å². The van der Waals surface area contributed by atoms with Crippen molar-refractivity contribution in [3.8, 4) is 17.1 Å². The van der Waals surface area contributed by atoms with Crippen LogP contribution in [-0.2, 0) is 11.3 Å². The van der Waals surface area contributed by atoms with Crippen LogP contribution in [0.25, 0.3) is 11.4 Å². The van der Waals surface area contributed by atoms with Crippen molar-refractivity contribution in [1.82, 2.24) is 14.8 Å². The van der Waals surface area contributed by atoms with Crippen LogP contribution in [0.4, 0.5) is 5.69 Å². The number of carbonyl (C=O) groups is 1. The van der Waals surface area contributed by atoms with Crippen molar-refractivity contribution in [1.29, 1.82) is 0 Å². The lowest BCUT2D eigenvalue weighted by Crippen LogP contribution is -2.15. The molecule has 0 aliphatic carbocycles. The third-order valence-corrected chi connectivity index (χ3v) is 5.30. The molecule has 152 valence electrons. The summed E-state index contributed by atoms with van der Waals surface area (Å²) in [7, 11) is 1.58. The summed E-state index contributed by atoms with van der Waals surface area (Å²) < 4.78 is 7.33. The maximum absolute atomic E-state index is 12.4. The number of nitrogens with zero attached hydrogens (tertiary/aromatic N) is 3. The summed E-state index contributed by atoms with van der Waals surface area (Å²) in [5.41, 5.74) is 1.58. The van der Waals surface area contributed by atoms with Crippen LogP contribution in [0.15, 0.2) is 53.7 Å². The SMILES string of the molecule is COc1ccccc1NC(=O)CSc1nnc(-c2ccc(Cl)cc2)n1CC(C)C. The second-order valence-corrected chi connectivity index (χ2v) is 8.23. The molecule has 29 heavy (non-hydrogen) atoms. The van der Waals surface area contributed by atoms with Gasteiger partial charge in [0.25, 0.3) is 0 Å². The Bertz CT molecular complexity index is 973. The Hall–Kier alpha value is -2.51. The molecular weight excluding hydrogens is 408 g/mol. The molecule has 1 heterocycles. The van der Waals surface area contributed by atoms with E-state index in [1.165, 1.54) is 11.8 Å². The predicted octanol–water partition coefficient (Wildman–Crippen LogP) is 4.99. The normalized spacial score (nSPS) is 10.9. The van der Waals surface area contributed by atoms with Gasteiger partial charge >= 0.3 is 0 Å². The number of ether oxygens (including phenoxy) is 1. The average Bonchev–Trinajstić information content (AvgIpc) is 3.09. The lowest BCUT2D eigenvalue weighted by atomic mass is 10.2. The topological polar surface area (TPSA) is 69.0 Å². The first-order chi connectivity index (χ1) is 14.0. The minimum absolute atomic E-state index is 0.133. The lowest BCUT2D eigenvalue weighted by molar-refractivity contribution is -0.113. The number of anilines is 1. The van der Waals surface area contributed by atoms with Crippen LogP contribution in [0.5, 0.6) is 5.75 Å². The lowest BCUT2D eigenvalue weighted by Gasteiger charge is -2.13. The van der Waals surface area contributed by atoms with E-state index in [-0.39, 0.29) is 11.7 Å². The first-order valence-corrected chi connectivity index (χ1v) is 10.6. The summed E-state index contributed by atoms with van der Waals surface area (Å²) >= 11 is 7.36. The minimum Gasteiger partial charge on any atom is -0.495 e. The first kappa shape index (κ1) is 21.2. The first-order valence-electron chi connectivity index (χ1n) is 9.22. The number of nitrogens with one attached hydrogen (secondary N) is 1. The molecule has 0 atom stereocenters. The molecule has 0 saturated heterocycles. The van der Waals surface area contributed by atoms with Gasteiger partial charge in [-0.15, -0.1) is 10.2 Å². The van der Waals surface area contributed by atoms with Crippen molar-refractivity contribution >= 4 is 35.0 Å². The van der Waals surface area contributed by atoms with Crippen molar-refractivity contribution < 1.29 is 9.53 Å². The molecule has 3 rings (SSSR count). The monoisotopic (exact) mass is 430 g/mol. The van der Waals surface area contributed by atoms with Crippen LogP contribution >= 0.6 is 23.4 Å². The number of thioether (sulfide) groups is 1. The van der Waals surface area contributed by atoms with E-state index >= 15 is 0 Å². The van der Waals surface area contributed by atoms with Crippen molar-refractivity contribution in [2.45, 2.75) is 25.5 Å². The smallest absolute Gasteiger partial charge is 0.234 e. The Morgan fingerprint density at radius 3 is 2.59 bits per heavy atom. The number of methoxy groups -OCH3 is 1. The van der Waals surface area contributed by atoms with Crippen LogP contribution < -0.4 is 10.1 Å². The van der Waals surface area contributed by atoms with Gasteiger partial charge < -0.3 is 14.6 Å². The maximum Gasteiger partial charge on any atom is 0.234 e. The van der Waals surface area contributed by atoms with Gasteiger partial charge in [-0.05, 0) is 42.3 Å². The zero-order valence-corrected chi connectivity index (χ0v) is 18.1. The van der Waals surface area contributed by atoms with Gasteiger partial charge in [0.2, 0.25) is 5.91 Å². The molecule has 1 aromatic heterocycles. The molecule has 0 aliphatic heterocycles. The number of amides is 1. The van der Waals surface area contributed by atoms with E-state index in [0.717, 1.165) is 17.9 Å². The fourth-order valence-corrected chi connectivity index (χ4v) is 3.68. The van der Waals surface area contributed by atoms with Gasteiger partial charge in [0.15, 0.2) is 11.0 Å². The number of para-hydroxylation sites is 2. The fourth-order valence-electron chi connectivity index (χ4n) is 2.80. The molecule has 0 fully saturated rings. The Kier molecular flexibility index (Phi) is 7.17. The Labute approximate surface area is 179 Å². The highest BCUT2D eigenvalue weighted by molar-refractivity contribution is 7.99. The highest BCUT2D eigenvalue weighted by Crippen LogP contribution is 2.27. The predicted molar refractivity (Wildman–Crippen MR) is 118 cm³/mol. The van der Waals surface area contributed by atoms with E-state index < -0.39 is 0 Å². The quantitative estimate of drug-likeness (QED) is 0.509. The van der Waals surface area contributed by atoms with Gasteiger partial charge in [0, 0.05) is 17.1 Å². The molecule has 0 unspecified atom stereocenters. The zero-order valence-electron chi connectivity index (χ0n) is 16.6. The minimum atomic E-state index is -0.133. The fraction of sp³-hybridized carbons (Fsp3) is 0.286. The largest absolute Gasteiger partial charge is 0.495 e. The zero-order chi connectivity index (χ0) is 20.8. The molecule has 0 spiro atoms. The molecule has 0 bridgehead atoms. The van der Waals surface area contributed by atoms with E-state index in [4.69, 9.17) is 16.3 Å². The summed E-state index contributed by atoms with van der Waals surface area (Å²) in [5, 5.41) is 12.9. The molecule has 1 amide bonds. The molecule has 8 heteroatoms. The van der Waals surface area contributed by atoms with Crippen LogP contribution in [-0.4, -0.2) is 33.5 Å². The van der Waals surface area contributed by atoms with E-state index in [2.05, 4.69) is 33.9 Å². The Morgan fingerprint density at radius 1 is 1.17 bits per heavy atom. The summed E-state index contributed by atoms with van der Waals surface area (Å²) in [6.45, 7) is 5.02. The summed E-state index contributed by atoms with van der Waals surface area (Å²) in [5.74, 6) is 1.88. The van der Waals surface area contributed by atoms with Gasteiger partial charge in [-0.2, -0.15) is 0 Å². The number of hydrogen-bond donors (Lipinski definition) is 1. The second kappa shape index (κ2) is 9.80. The Balaban J connectivity index is 1.74. The van der Waals surface area contributed by atoms with Gasteiger partial charge in [-0.25, -0.2) is 0 Å². The van der Waals surface area contributed by atoms with Crippen molar-refractivity contribution in [2.75, 3.05) is 18.2 Å². The van der Waals surface area contributed by atoms with Crippen molar-refractivity contribution in [3.05, 3.63) is 53.6 Å². The summed E-state index contributed by atoms with van der Waals surface area (Å²) in [6, 6.07) is 14.8. The van der Waals surface area contributed by atoms with E-state index in [0.29, 0.717) is 27.5 Å². The van der Waals surface area contributed by atoms with Crippen molar-refractivity contribution in [3.63, 3.8) is 0 Å². The summed E-state index contributed by atoms with van der Waals surface area (Å²) in [4.78, 5) is 12.4. The summed E-state index contributed by atoms with van der Waals surface area (Å²) in [6.07, 6.45) is 0. The van der Waals surface area contributed by atoms with Gasteiger partial charge in [0.1, 0.15) is 5.75 Å². The van der Waals surface area contributed by atoms with Crippen LogP contribution in [0.1, 0.15) is 13.8 Å². The second-order valence-electron chi connectivity index (χ2n) is 6.85. The highest BCUT2D eigenvalue weighted by atomic mass is 35.5. The number of rotatable bonds is 8. The van der Waals surface area contributed by atoms with Gasteiger partial charge in [0.05, 0.1) is 18.6 Å². The molecule has 0 radical (unpaired) electrons. The number of benzene rings is 2.